The van der Waals surface area contributed by atoms with E-state index in [4.69, 9.17) is 0 Å². The molecule has 2 N–H and O–H groups in total. The lowest BCUT2D eigenvalue weighted by Gasteiger charge is -2.10. The van der Waals surface area contributed by atoms with Gasteiger partial charge in [0.25, 0.3) is 5.91 Å². The lowest BCUT2D eigenvalue weighted by molar-refractivity contribution is -0.120. The van der Waals surface area contributed by atoms with Crippen molar-refractivity contribution in [3.63, 3.8) is 0 Å². The zero-order chi connectivity index (χ0) is 15.0. The van der Waals surface area contributed by atoms with Crippen molar-refractivity contribution >= 4 is 11.8 Å². The molecule has 2 amide bonds. The number of nitrogens with one attached hydrogen (secondary N) is 2. The Bertz CT molecular complexity index is 463. The Morgan fingerprint density at radius 2 is 1.90 bits per heavy atom. The van der Waals surface area contributed by atoms with Crippen molar-refractivity contribution in [3.05, 3.63) is 35.6 Å². The van der Waals surface area contributed by atoms with Gasteiger partial charge in [0, 0.05) is 6.54 Å². The molecular formula is C14H20FN3O2. The molecule has 0 aliphatic carbocycles. The highest BCUT2D eigenvalue weighted by atomic mass is 19.1. The second kappa shape index (κ2) is 8.27. The van der Waals surface area contributed by atoms with E-state index < -0.39 is 11.7 Å². The van der Waals surface area contributed by atoms with Crippen LogP contribution in [0.2, 0.25) is 0 Å². The Morgan fingerprint density at radius 1 is 1.20 bits per heavy atom. The molecule has 0 spiro atoms. The van der Waals surface area contributed by atoms with Crippen LogP contribution in [0.1, 0.15) is 16.8 Å². The molecule has 1 aromatic rings. The molecule has 0 saturated carbocycles. The molecule has 0 aliphatic heterocycles. The van der Waals surface area contributed by atoms with Crippen LogP contribution in [0.4, 0.5) is 4.39 Å². The average molecular weight is 281 g/mol. The maximum absolute atomic E-state index is 13.3. The molecule has 0 heterocycles. The SMILES string of the molecule is CN(C)CCCNC(=O)CNC(=O)c1ccccc1F. The summed E-state index contributed by atoms with van der Waals surface area (Å²) in [6.45, 7) is 1.27. The minimum Gasteiger partial charge on any atom is -0.355 e. The Morgan fingerprint density at radius 3 is 2.55 bits per heavy atom. The summed E-state index contributed by atoms with van der Waals surface area (Å²) in [4.78, 5) is 25.1. The van der Waals surface area contributed by atoms with Gasteiger partial charge in [0.15, 0.2) is 0 Å². The minimum atomic E-state index is -0.601. The van der Waals surface area contributed by atoms with Crippen LogP contribution < -0.4 is 10.6 Å². The van der Waals surface area contributed by atoms with Crippen molar-refractivity contribution in [3.8, 4) is 0 Å². The third-order valence-electron chi connectivity index (χ3n) is 2.63. The highest BCUT2D eigenvalue weighted by Gasteiger charge is 2.11. The van der Waals surface area contributed by atoms with Gasteiger partial charge in [-0.1, -0.05) is 12.1 Å². The van der Waals surface area contributed by atoms with Gasteiger partial charge in [0.2, 0.25) is 5.91 Å². The van der Waals surface area contributed by atoms with E-state index in [9.17, 15) is 14.0 Å². The summed E-state index contributed by atoms with van der Waals surface area (Å²) in [6.07, 6.45) is 0.833. The molecule has 20 heavy (non-hydrogen) atoms. The topological polar surface area (TPSA) is 61.4 Å². The molecule has 0 radical (unpaired) electrons. The number of carbonyl (C=O) groups excluding carboxylic acids is 2. The van der Waals surface area contributed by atoms with E-state index in [1.807, 2.05) is 19.0 Å². The second-order valence-electron chi connectivity index (χ2n) is 4.67. The van der Waals surface area contributed by atoms with Crippen molar-refractivity contribution in [2.45, 2.75) is 6.42 Å². The van der Waals surface area contributed by atoms with E-state index in [0.717, 1.165) is 13.0 Å². The lowest BCUT2D eigenvalue weighted by Crippen LogP contribution is -2.38. The summed E-state index contributed by atoms with van der Waals surface area (Å²) in [5.74, 6) is -1.48. The van der Waals surface area contributed by atoms with Crippen LogP contribution in [0.15, 0.2) is 24.3 Å². The molecule has 0 unspecified atom stereocenters. The Kier molecular flexibility index (Phi) is 6.66. The summed E-state index contributed by atoms with van der Waals surface area (Å²) < 4.78 is 13.3. The first-order valence-electron chi connectivity index (χ1n) is 6.45. The first kappa shape index (κ1) is 16.1. The molecule has 6 heteroatoms. The molecule has 5 nitrogen and oxygen atoms in total. The standard InChI is InChI=1S/C14H20FN3O2/c1-18(2)9-5-8-16-13(19)10-17-14(20)11-6-3-4-7-12(11)15/h3-4,6-7H,5,8-10H2,1-2H3,(H,16,19)(H,17,20). The number of halogens is 1. The van der Waals surface area contributed by atoms with Crippen molar-refractivity contribution in [1.82, 2.24) is 15.5 Å². The number of carbonyl (C=O) groups is 2. The molecule has 0 atom stereocenters. The average Bonchev–Trinajstić information content (AvgIpc) is 2.41. The first-order chi connectivity index (χ1) is 9.50. The summed E-state index contributed by atoms with van der Waals surface area (Å²) in [5, 5.41) is 5.07. The van der Waals surface area contributed by atoms with Gasteiger partial charge in [-0.3, -0.25) is 9.59 Å². The van der Waals surface area contributed by atoms with Gasteiger partial charge in [-0.25, -0.2) is 4.39 Å². The number of hydrogen-bond donors (Lipinski definition) is 2. The highest BCUT2D eigenvalue weighted by molar-refractivity contribution is 5.96. The number of rotatable bonds is 7. The Balaban J connectivity index is 2.27. The van der Waals surface area contributed by atoms with Crippen LogP contribution in [0.3, 0.4) is 0 Å². The summed E-state index contributed by atoms with van der Waals surface area (Å²) in [6, 6.07) is 5.65. The smallest absolute Gasteiger partial charge is 0.254 e. The van der Waals surface area contributed by atoms with Gasteiger partial charge in [-0.15, -0.1) is 0 Å². The molecule has 0 fully saturated rings. The second-order valence-corrected chi connectivity index (χ2v) is 4.67. The third kappa shape index (κ3) is 5.79. The van der Waals surface area contributed by atoms with Gasteiger partial charge in [-0.05, 0) is 39.2 Å². The largest absolute Gasteiger partial charge is 0.355 e. The van der Waals surface area contributed by atoms with Crippen LogP contribution in [0.5, 0.6) is 0 Å². The molecule has 0 aliphatic rings. The van der Waals surface area contributed by atoms with E-state index in [0.29, 0.717) is 6.54 Å². The zero-order valence-electron chi connectivity index (χ0n) is 11.8. The maximum Gasteiger partial charge on any atom is 0.254 e. The van der Waals surface area contributed by atoms with Crippen LogP contribution >= 0.6 is 0 Å². The third-order valence-corrected chi connectivity index (χ3v) is 2.63. The lowest BCUT2D eigenvalue weighted by atomic mass is 10.2. The molecule has 1 aromatic carbocycles. The van der Waals surface area contributed by atoms with Crippen LogP contribution in [0.25, 0.3) is 0 Å². The predicted octanol–water partition coefficient (Wildman–Crippen LogP) is 0.623. The zero-order valence-corrected chi connectivity index (χ0v) is 11.8. The van der Waals surface area contributed by atoms with Crippen molar-refractivity contribution in [2.75, 3.05) is 33.7 Å². The van der Waals surface area contributed by atoms with Crippen molar-refractivity contribution in [2.24, 2.45) is 0 Å². The van der Waals surface area contributed by atoms with Gasteiger partial charge >= 0.3 is 0 Å². The Labute approximate surface area is 118 Å². The number of hydrogen-bond acceptors (Lipinski definition) is 3. The predicted molar refractivity (Wildman–Crippen MR) is 74.9 cm³/mol. The number of nitrogens with zero attached hydrogens (tertiary/aromatic N) is 1. The van der Waals surface area contributed by atoms with Gasteiger partial charge in [0.1, 0.15) is 5.82 Å². The molecule has 110 valence electrons. The van der Waals surface area contributed by atoms with E-state index in [1.54, 1.807) is 6.07 Å². The fourth-order valence-electron chi connectivity index (χ4n) is 1.59. The van der Waals surface area contributed by atoms with Gasteiger partial charge < -0.3 is 15.5 Å². The first-order valence-corrected chi connectivity index (χ1v) is 6.45. The molecule has 0 saturated heterocycles. The monoisotopic (exact) mass is 281 g/mol. The molecule has 0 aromatic heterocycles. The number of amides is 2. The van der Waals surface area contributed by atoms with Crippen LogP contribution in [0, 0.1) is 5.82 Å². The van der Waals surface area contributed by atoms with E-state index >= 15 is 0 Å². The van der Waals surface area contributed by atoms with Crippen LogP contribution in [-0.4, -0.2) is 50.4 Å². The minimum absolute atomic E-state index is 0.0621. The molecule has 0 bridgehead atoms. The molecular weight excluding hydrogens is 261 g/mol. The molecule has 1 rings (SSSR count). The van der Waals surface area contributed by atoms with E-state index in [1.165, 1.54) is 18.2 Å². The summed E-state index contributed by atoms with van der Waals surface area (Å²) in [7, 11) is 3.91. The fourth-order valence-corrected chi connectivity index (χ4v) is 1.59. The van der Waals surface area contributed by atoms with Crippen LogP contribution in [-0.2, 0) is 4.79 Å². The van der Waals surface area contributed by atoms with Crippen molar-refractivity contribution < 1.29 is 14.0 Å². The summed E-state index contributed by atoms with van der Waals surface area (Å²) in [5.41, 5.74) is -0.0621. The van der Waals surface area contributed by atoms with Crippen molar-refractivity contribution in [1.29, 1.82) is 0 Å². The normalized spacial score (nSPS) is 10.4. The Hall–Kier alpha value is -1.95. The van der Waals surface area contributed by atoms with Gasteiger partial charge in [-0.2, -0.15) is 0 Å². The quantitative estimate of drug-likeness (QED) is 0.720. The highest BCUT2D eigenvalue weighted by Crippen LogP contribution is 2.05. The summed E-state index contributed by atoms with van der Waals surface area (Å²) >= 11 is 0. The van der Waals surface area contributed by atoms with E-state index in [-0.39, 0.29) is 18.0 Å². The maximum atomic E-state index is 13.3. The fraction of sp³-hybridized carbons (Fsp3) is 0.429. The van der Waals surface area contributed by atoms with E-state index in [2.05, 4.69) is 10.6 Å². The number of benzene rings is 1. The van der Waals surface area contributed by atoms with Gasteiger partial charge in [0.05, 0.1) is 12.1 Å².